The molecule has 2 N–H and O–H groups in total. The van der Waals surface area contributed by atoms with Crippen LogP contribution in [0, 0.1) is 0 Å². The molecule has 0 amide bonds. The highest BCUT2D eigenvalue weighted by atomic mass is 79.9. The number of hydrogen-bond donors (Lipinski definition) is 2. The van der Waals surface area contributed by atoms with Crippen molar-refractivity contribution in [2.24, 2.45) is 0 Å². The van der Waals surface area contributed by atoms with Crippen molar-refractivity contribution in [3.05, 3.63) is 81.8 Å². The van der Waals surface area contributed by atoms with Crippen molar-refractivity contribution >= 4 is 34.3 Å². The van der Waals surface area contributed by atoms with E-state index in [4.69, 9.17) is 14.5 Å². The molecule has 0 heterocycles. The van der Waals surface area contributed by atoms with Gasteiger partial charge in [0.25, 0.3) is 0 Å². The van der Waals surface area contributed by atoms with E-state index in [-0.39, 0.29) is 11.1 Å². The van der Waals surface area contributed by atoms with E-state index >= 15 is 0 Å². The smallest absolute Gasteiger partial charge is 0.376 e. The Morgan fingerprint density at radius 3 is 2.46 bits per heavy atom. The van der Waals surface area contributed by atoms with Gasteiger partial charge in [-0.3, -0.25) is 4.57 Å². The van der Waals surface area contributed by atoms with Gasteiger partial charge in [-0.05, 0) is 34.4 Å². The van der Waals surface area contributed by atoms with Gasteiger partial charge in [-0.15, -0.1) is 0 Å². The molecule has 0 aromatic heterocycles. The predicted molar refractivity (Wildman–Crippen MR) is 107 cm³/mol. The predicted octanol–water partition coefficient (Wildman–Crippen LogP) is 5.59. The van der Waals surface area contributed by atoms with Crippen molar-refractivity contribution in [2.75, 3.05) is 6.61 Å². The van der Waals surface area contributed by atoms with Gasteiger partial charge in [-0.2, -0.15) is 8.78 Å². The summed E-state index contributed by atoms with van der Waals surface area (Å²) in [7, 11) is -5.61. The Kier molecular flexibility index (Phi) is 6.32. The normalized spacial score (nSPS) is 12.5. The zero-order valence-corrected chi connectivity index (χ0v) is 17.2. The maximum Gasteiger partial charge on any atom is 0.399 e. The third kappa shape index (κ3) is 4.50. The number of hydrogen-bond acceptors (Lipinski definition) is 2. The fourth-order valence-corrected chi connectivity index (χ4v) is 4.27. The Labute approximate surface area is 169 Å². The van der Waals surface area contributed by atoms with Gasteiger partial charge in [0.1, 0.15) is 0 Å². The summed E-state index contributed by atoms with van der Waals surface area (Å²) in [6.45, 7) is 0.650. The Morgan fingerprint density at radius 2 is 1.75 bits per heavy atom. The number of benzene rings is 3. The van der Waals surface area contributed by atoms with Crippen molar-refractivity contribution < 1.29 is 27.9 Å². The van der Waals surface area contributed by atoms with Crippen molar-refractivity contribution in [1.29, 1.82) is 0 Å². The fraction of sp³-hybridized carbons (Fsp3) is 0.200. The first kappa shape index (κ1) is 21.1. The lowest BCUT2D eigenvalue weighted by atomic mass is 10.0. The number of rotatable bonds is 7. The monoisotopic (exact) mass is 470 g/mol. The number of fused-ring (bicyclic) bond motifs is 1. The quantitative estimate of drug-likeness (QED) is 0.349. The molecule has 0 aliphatic rings. The molecule has 0 unspecified atom stereocenters. The van der Waals surface area contributed by atoms with Gasteiger partial charge in [0.15, 0.2) is 0 Å². The summed E-state index contributed by atoms with van der Waals surface area (Å²) >= 11 is 2.97. The molecule has 8 heteroatoms. The van der Waals surface area contributed by atoms with Gasteiger partial charge in [0.2, 0.25) is 0 Å². The van der Waals surface area contributed by atoms with E-state index in [9.17, 15) is 13.3 Å². The third-order valence-corrected chi connectivity index (χ3v) is 6.02. The number of alkyl halides is 2. The fourth-order valence-electron chi connectivity index (χ4n) is 2.93. The largest absolute Gasteiger partial charge is 0.399 e. The van der Waals surface area contributed by atoms with Crippen LogP contribution in [0.5, 0.6) is 0 Å². The molecule has 0 atom stereocenters. The lowest BCUT2D eigenvalue weighted by Crippen LogP contribution is -2.14. The van der Waals surface area contributed by atoms with Gasteiger partial charge in [-0.25, -0.2) is 0 Å². The summed E-state index contributed by atoms with van der Waals surface area (Å²) in [5.41, 5.74) is -3.22. The van der Waals surface area contributed by atoms with E-state index in [1.165, 1.54) is 17.5 Å². The molecule has 3 aromatic rings. The van der Waals surface area contributed by atoms with Crippen LogP contribution in [0.2, 0.25) is 0 Å². The molecule has 0 aliphatic carbocycles. The maximum atomic E-state index is 13.9. The van der Waals surface area contributed by atoms with Gasteiger partial charge in [-0.1, -0.05) is 70.5 Å². The zero-order valence-electron chi connectivity index (χ0n) is 14.7. The summed E-state index contributed by atoms with van der Waals surface area (Å²) in [6.07, 6.45) is 0.705. The molecule has 3 rings (SSSR count). The summed E-state index contributed by atoms with van der Waals surface area (Å²) in [6, 6.07) is 17.9. The highest BCUT2D eigenvalue weighted by Crippen LogP contribution is 2.60. The van der Waals surface area contributed by atoms with Gasteiger partial charge in [0, 0.05) is 10.0 Å². The van der Waals surface area contributed by atoms with Crippen LogP contribution >= 0.6 is 23.5 Å². The van der Waals surface area contributed by atoms with Crippen LogP contribution in [0.1, 0.15) is 16.7 Å². The van der Waals surface area contributed by atoms with E-state index < -0.39 is 18.8 Å². The highest BCUT2D eigenvalue weighted by molar-refractivity contribution is 9.10. The Morgan fingerprint density at radius 1 is 1.04 bits per heavy atom. The van der Waals surface area contributed by atoms with Crippen molar-refractivity contribution in [1.82, 2.24) is 0 Å². The van der Waals surface area contributed by atoms with Crippen LogP contribution < -0.4 is 0 Å². The van der Waals surface area contributed by atoms with Crippen molar-refractivity contribution in [3.8, 4) is 0 Å². The summed E-state index contributed by atoms with van der Waals surface area (Å²) in [5, 5.41) is 2.32. The molecule has 0 saturated heterocycles. The lowest BCUT2D eigenvalue weighted by molar-refractivity contribution is 0.0556. The topological polar surface area (TPSA) is 66.8 Å². The minimum absolute atomic E-state index is 0.0732. The Balaban J connectivity index is 1.63. The van der Waals surface area contributed by atoms with Crippen molar-refractivity contribution in [2.45, 2.75) is 18.7 Å². The number of ether oxygens (including phenoxy) is 1. The van der Waals surface area contributed by atoms with Crippen LogP contribution in [0.4, 0.5) is 8.78 Å². The van der Waals surface area contributed by atoms with E-state index in [1.54, 1.807) is 0 Å². The first-order valence-electron chi connectivity index (χ1n) is 8.47. The Hall–Kier alpha value is -1.63. The molecule has 0 saturated carbocycles. The standard InChI is InChI=1S/C20H18BrF2O4P/c21-19-12-14(8-9-18(19)20(22,23)28(24,25)26)13-27-11-10-16-6-3-5-15-4-1-2-7-17(15)16/h1-9,12H,10-11,13H2,(H2,24,25,26). The van der Waals surface area contributed by atoms with E-state index in [2.05, 4.69) is 22.0 Å². The third-order valence-electron chi connectivity index (χ3n) is 4.39. The highest BCUT2D eigenvalue weighted by Gasteiger charge is 2.51. The van der Waals surface area contributed by atoms with Crippen LogP contribution in [-0.2, 0) is 28.0 Å². The summed E-state index contributed by atoms with van der Waals surface area (Å²) < 4.78 is 44.3. The summed E-state index contributed by atoms with van der Waals surface area (Å²) in [4.78, 5) is 17.7. The molecule has 4 nitrogen and oxygen atoms in total. The second-order valence-electron chi connectivity index (χ2n) is 6.34. The first-order valence-corrected chi connectivity index (χ1v) is 10.9. The van der Waals surface area contributed by atoms with Gasteiger partial charge < -0.3 is 14.5 Å². The molecular formula is C20H18BrF2O4P. The van der Waals surface area contributed by atoms with Gasteiger partial charge >= 0.3 is 13.3 Å². The summed E-state index contributed by atoms with van der Waals surface area (Å²) in [5.74, 6) is 0. The molecule has 0 spiro atoms. The first-order chi connectivity index (χ1) is 13.2. The Bertz CT molecular complexity index is 1030. The van der Waals surface area contributed by atoms with Crippen LogP contribution in [-0.4, -0.2) is 16.4 Å². The lowest BCUT2D eigenvalue weighted by Gasteiger charge is -2.19. The average molecular weight is 471 g/mol. The van der Waals surface area contributed by atoms with Crippen LogP contribution in [0.15, 0.2) is 65.1 Å². The van der Waals surface area contributed by atoms with E-state index in [0.717, 1.165) is 17.0 Å². The minimum Gasteiger partial charge on any atom is -0.376 e. The maximum absolute atomic E-state index is 13.9. The van der Waals surface area contributed by atoms with Crippen molar-refractivity contribution in [3.63, 3.8) is 0 Å². The van der Waals surface area contributed by atoms with Crippen LogP contribution in [0.25, 0.3) is 10.8 Å². The van der Waals surface area contributed by atoms with Crippen LogP contribution in [0.3, 0.4) is 0 Å². The second-order valence-corrected chi connectivity index (χ2v) is 8.84. The van der Waals surface area contributed by atoms with E-state index in [1.807, 2.05) is 36.4 Å². The SMILES string of the molecule is O=P(O)(O)C(F)(F)c1ccc(COCCc2cccc3ccccc23)cc1Br. The van der Waals surface area contributed by atoms with Gasteiger partial charge in [0.05, 0.1) is 13.2 Å². The van der Waals surface area contributed by atoms with E-state index in [0.29, 0.717) is 18.6 Å². The molecule has 0 radical (unpaired) electrons. The molecule has 148 valence electrons. The minimum atomic E-state index is -5.61. The second kappa shape index (κ2) is 8.39. The zero-order chi connectivity index (χ0) is 20.4. The molecule has 28 heavy (non-hydrogen) atoms. The molecule has 3 aromatic carbocycles. The molecule has 0 fully saturated rings. The molecule has 0 aliphatic heterocycles. The average Bonchev–Trinajstić information content (AvgIpc) is 2.64. The molecule has 0 bridgehead atoms. The molecular weight excluding hydrogens is 453 g/mol. The number of halogens is 3.